The van der Waals surface area contributed by atoms with Gasteiger partial charge in [0, 0.05) is 26.2 Å². The normalized spacial score (nSPS) is 13.4. The fourth-order valence-electron chi connectivity index (χ4n) is 1.53. The lowest BCUT2D eigenvalue weighted by molar-refractivity contribution is -0.383. The minimum absolute atomic E-state index is 0.0788. The SMILES string of the molecule is CCNc1sc(S(=O)(=O)N(C)CC(C)O)cc1[N+](=O)[O-]. The molecule has 0 aromatic carbocycles. The molecule has 8 nitrogen and oxygen atoms in total. The summed E-state index contributed by atoms with van der Waals surface area (Å²) in [5, 5.41) is 23.1. The molecule has 0 saturated heterocycles. The molecule has 1 unspecified atom stereocenters. The van der Waals surface area contributed by atoms with Crippen LogP contribution in [0, 0.1) is 10.1 Å². The summed E-state index contributed by atoms with van der Waals surface area (Å²) >= 11 is 0.811. The third kappa shape index (κ3) is 3.66. The summed E-state index contributed by atoms with van der Waals surface area (Å²) in [6.07, 6.45) is -0.821. The molecule has 0 amide bonds. The molecule has 0 aliphatic heterocycles. The molecule has 1 rings (SSSR count). The Kier molecular flexibility index (Phi) is 5.45. The molecule has 0 radical (unpaired) electrons. The summed E-state index contributed by atoms with van der Waals surface area (Å²) in [5.41, 5.74) is -0.263. The number of nitro groups is 1. The standard InChI is InChI=1S/C10H17N3O5S2/c1-4-11-10-8(13(15)16)5-9(19-10)20(17,18)12(3)6-7(2)14/h5,7,11,14H,4,6H2,1-3H3. The van der Waals surface area contributed by atoms with Crippen LogP contribution in [0.3, 0.4) is 0 Å². The molecular weight excluding hydrogens is 306 g/mol. The molecule has 1 atom stereocenters. The van der Waals surface area contributed by atoms with Crippen LogP contribution >= 0.6 is 11.3 Å². The Hall–Kier alpha value is -1.23. The number of thiophene rings is 1. The average molecular weight is 323 g/mol. The van der Waals surface area contributed by atoms with E-state index in [1.807, 2.05) is 0 Å². The van der Waals surface area contributed by atoms with Crippen LogP contribution in [0.1, 0.15) is 13.8 Å². The van der Waals surface area contributed by atoms with Gasteiger partial charge in [0.1, 0.15) is 4.21 Å². The summed E-state index contributed by atoms with van der Waals surface area (Å²) in [6, 6.07) is 1.04. The number of hydrogen-bond acceptors (Lipinski definition) is 7. The zero-order chi connectivity index (χ0) is 15.5. The zero-order valence-electron chi connectivity index (χ0n) is 11.4. The molecule has 0 saturated carbocycles. The van der Waals surface area contributed by atoms with Crippen LogP contribution < -0.4 is 5.32 Å². The highest BCUT2D eigenvalue weighted by Gasteiger charge is 2.29. The molecule has 20 heavy (non-hydrogen) atoms. The number of rotatable bonds is 7. The largest absolute Gasteiger partial charge is 0.392 e. The van der Waals surface area contributed by atoms with Crippen molar-refractivity contribution in [1.82, 2.24) is 4.31 Å². The second-order valence-electron chi connectivity index (χ2n) is 4.20. The van der Waals surface area contributed by atoms with Crippen molar-refractivity contribution in [3.8, 4) is 0 Å². The van der Waals surface area contributed by atoms with Crippen LogP contribution in [0.2, 0.25) is 0 Å². The second-order valence-corrected chi connectivity index (χ2v) is 7.53. The van der Waals surface area contributed by atoms with Crippen LogP contribution in [-0.4, -0.2) is 49.0 Å². The van der Waals surface area contributed by atoms with Gasteiger partial charge >= 0.3 is 5.69 Å². The van der Waals surface area contributed by atoms with Gasteiger partial charge in [0.25, 0.3) is 10.0 Å². The van der Waals surface area contributed by atoms with Gasteiger partial charge in [0.15, 0.2) is 5.00 Å². The van der Waals surface area contributed by atoms with E-state index in [1.54, 1.807) is 6.92 Å². The van der Waals surface area contributed by atoms with Crippen molar-refractivity contribution in [2.75, 3.05) is 25.5 Å². The zero-order valence-corrected chi connectivity index (χ0v) is 13.0. The lowest BCUT2D eigenvalue weighted by Gasteiger charge is -2.17. The van der Waals surface area contributed by atoms with Gasteiger partial charge in [-0.1, -0.05) is 11.3 Å². The third-order valence-corrected chi connectivity index (χ3v) is 5.76. The summed E-state index contributed by atoms with van der Waals surface area (Å²) in [6.45, 7) is 3.60. The first-order chi connectivity index (χ1) is 9.20. The molecule has 0 fully saturated rings. The summed E-state index contributed by atoms with van der Waals surface area (Å²) in [4.78, 5) is 10.3. The molecule has 0 aliphatic rings. The number of nitrogens with zero attached hydrogens (tertiary/aromatic N) is 2. The second kappa shape index (κ2) is 6.48. The van der Waals surface area contributed by atoms with Gasteiger partial charge in [-0.15, -0.1) is 0 Å². The van der Waals surface area contributed by atoms with Crippen molar-refractivity contribution in [3.63, 3.8) is 0 Å². The van der Waals surface area contributed by atoms with Gasteiger partial charge in [0.2, 0.25) is 0 Å². The van der Waals surface area contributed by atoms with E-state index >= 15 is 0 Å². The number of aliphatic hydroxyl groups excluding tert-OH is 1. The van der Waals surface area contributed by atoms with Crippen molar-refractivity contribution in [2.45, 2.75) is 24.2 Å². The highest BCUT2D eigenvalue weighted by atomic mass is 32.2. The Balaban J connectivity index is 3.19. The highest BCUT2D eigenvalue weighted by Crippen LogP contribution is 2.37. The maximum absolute atomic E-state index is 12.2. The Morgan fingerprint density at radius 3 is 2.65 bits per heavy atom. The highest BCUT2D eigenvalue weighted by molar-refractivity contribution is 7.91. The summed E-state index contributed by atoms with van der Waals surface area (Å²) in [5.74, 6) is 0. The molecule has 0 bridgehead atoms. The Bertz CT molecular complexity index is 582. The van der Waals surface area contributed by atoms with Crippen LogP contribution in [0.15, 0.2) is 10.3 Å². The minimum atomic E-state index is -3.84. The average Bonchev–Trinajstić information content (AvgIpc) is 2.73. The Morgan fingerprint density at radius 2 is 2.20 bits per heavy atom. The Labute approximate surface area is 121 Å². The molecular formula is C10H17N3O5S2. The van der Waals surface area contributed by atoms with Gasteiger partial charge < -0.3 is 10.4 Å². The predicted octanol–water partition coefficient (Wildman–Crippen LogP) is 1.09. The van der Waals surface area contributed by atoms with Crippen LogP contribution in [0.4, 0.5) is 10.7 Å². The van der Waals surface area contributed by atoms with Gasteiger partial charge in [0.05, 0.1) is 11.0 Å². The maximum Gasteiger partial charge on any atom is 0.304 e. The van der Waals surface area contributed by atoms with E-state index in [0.29, 0.717) is 6.54 Å². The molecule has 0 aliphatic carbocycles. The predicted molar refractivity (Wildman–Crippen MR) is 76.6 cm³/mol. The van der Waals surface area contributed by atoms with Crippen LogP contribution in [0.5, 0.6) is 0 Å². The fraction of sp³-hybridized carbons (Fsp3) is 0.600. The van der Waals surface area contributed by atoms with Crippen molar-refractivity contribution in [3.05, 3.63) is 16.2 Å². The van der Waals surface area contributed by atoms with Gasteiger partial charge in [-0.25, -0.2) is 8.42 Å². The number of aliphatic hydroxyl groups is 1. The lowest BCUT2D eigenvalue weighted by Crippen LogP contribution is -2.32. The van der Waals surface area contributed by atoms with Crippen LogP contribution in [-0.2, 0) is 10.0 Å². The van der Waals surface area contributed by atoms with E-state index in [4.69, 9.17) is 0 Å². The number of hydrogen-bond donors (Lipinski definition) is 2. The summed E-state index contributed by atoms with van der Waals surface area (Å²) in [7, 11) is -2.52. The molecule has 10 heteroatoms. The van der Waals surface area contributed by atoms with Gasteiger partial charge in [-0.3, -0.25) is 10.1 Å². The van der Waals surface area contributed by atoms with E-state index in [1.165, 1.54) is 14.0 Å². The first-order valence-corrected chi connectivity index (χ1v) is 8.12. The molecule has 2 N–H and O–H groups in total. The first-order valence-electron chi connectivity index (χ1n) is 5.86. The minimum Gasteiger partial charge on any atom is -0.392 e. The van der Waals surface area contributed by atoms with E-state index in [-0.39, 0.29) is 21.4 Å². The molecule has 1 aromatic heterocycles. The Morgan fingerprint density at radius 1 is 1.60 bits per heavy atom. The van der Waals surface area contributed by atoms with Gasteiger partial charge in [-0.05, 0) is 13.8 Å². The van der Waals surface area contributed by atoms with Crippen molar-refractivity contribution in [2.24, 2.45) is 0 Å². The van der Waals surface area contributed by atoms with Gasteiger partial charge in [-0.2, -0.15) is 4.31 Å². The molecule has 114 valence electrons. The van der Waals surface area contributed by atoms with E-state index < -0.39 is 21.1 Å². The first kappa shape index (κ1) is 16.8. The van der Waals surface area contributed by atoms with E-state index in [2.05, 4.69) is 5.32 Å². The molecule has 0 spiro atoms. The number of sulfonamides is 1. The topological polar surface area (TPSA) is 113 Å². The molecule has 1 aromatic rings. The third-order valence-electron chi connectivity index (χ3n) is 2.41. The van der Waals surface area contributed by atoms with Crippen molar-refractivity contribution < 1.29 is 18.4 Å². The maximum atomic E-state index is 12.2. The quantitative estimate of drug-likeness (QED) is 0.573. The summed E-state index contributed by atoms with van der Waals surface area (Å²) < 4.78 is 25.3. The monoisotopic (exact) mass is 323 g/mol. The van der Waals surface area contributed by atoms with Crippen LogP contribution in [0.25, 0.3) is 0 Å². The number of likely N-dealkylation sites (N-methyl/N-ethyl adjacent to an activating group) is 1. The van der Waals surface area contributed by atoms with Crippen molar-refractivity contribution in [1.29, 1.82) is 0 Å². The van der Waals surface area contributed by atoms with E-state index in [9.17, 15) is 23.6 Å². The smallest absolute Gasteiger partial charge is 0.304 e. The molecule has 1 heterocycles. The fourth-order valence-corrected chi connectivity index (χ4v) is 4.39. The van der Waals surface area contributed by atoms with Crippen molar-refractivity contribution >= 4 is 32.0 Å². The number of anilines is 1. The number of nitrogens with one attached hydrogen (secondary N) is 1. The van der Waals surface area contributed by atoms with E-state index in [0.717, 1.165) is 21.7 Å². The lowest BCUT2D eigenvalue weighted by atomic mass is 10.4.